The molecule has 0 amide bonds. The fourth-order valence-electron chi connectivity index (χ4n) is 5.76. The Morgan fingerprint density at radius 1 is 0.658 bits per heavy atom. The Bertz CT molecular complexity index is 1820. The molecule has 0 N–H and O–H groups in total. The molecule has 3 nitrogen and oxygen atoms in total. The fraction of sp³-hybridized carbons (Fsp3) is 0.265. The van der Waals surface area contributed by atoms with Crippen LogP contribution in [0.4, 0.5) is 0 Å². The zero-order valence-electron chi connectivity index (χ0n) is 23.0. The summed E-state index contributed by atoms with van der Waals surface area (Å²) in [4.78, 5) is 6.25. The van der Waals surface area contributed by atoms with Crippen molar-refractivity contribution in [2.24, 2.45) is 0 Å². The Hall–Kier alpha value is -3.50. The van der Waals surface area contributed by atoms with Crippen molar-refractivity contribution in [2.75, 3.05) is 0 Å². The number of hydrogen-bond donors (Lipinski definition) is 0. The van der Waals surface area contributed by atoms with Crippen LogP contribution >= 0.6 is 11.8 Å². The molecule has 1 aliphatic rings. The van der Waals surface area contributed by atoms with Crippen molar-refractivity contribution in [2.45, 2.75) is 63.0 Å². The van der Waals surface area contributed by atoms with Crippen molar-refractivity contribution in [1.82, 2.24) is 14.1 Å². The first-order valence-electron chi connectivity index (χ1n) is 13.4. The van der Waals surface area contributed by atoms with Gasteiger partial charge >= 0.3 is 0 Å². The summed E-state index contributed by atoms with van der Waals surface area (Å²) in [6.07, 6.45) is 0. The van der Waals surface area contributed by atoms with Crippen LogP contribution in [0.15, 0.2) is 83.8 Å². The molecule has 0 radical (unpaired) electrons. The van der Waals surface area contributed by atoms with Crippen LogP contribution in [0.3, 0.4) is 0 Å². The fourth-order valence-corrected chi connectivity index (χ4v) is 6.70. The Kier molecular flexibility index (Phi) is 4.97. The predicted octanol–water partition coefficient (Wildman–Crippen LogP) is 9.32. The molecule has 6 aromatic rings. The van der Waals surface area contributed by atoms with E-state index in [1.165, 1.54) is 54.7 Å². The van der Waals surface area contributed by atoms with Crippen LogP contribution in [-0.2, 0) is 16.6 Å². The molecule has 0 bridgehead atoms. The van der Waals surface area contributed by atoms with Gasteiger partial charge in [0, 0.05) is 21.4 Å². The van der Waals surface area contributed by atoms with E-state index in [1.807, 2.05) is 11.8 Å². The van der Waals surface area contributed by atoms with Crippen molar-refractivity contribution in [1.29, 1.82) is 0 Å². The van der Waals surface area contributed by atoms with Crippen LogP contribution < -0.4 is 0 Å². The van der Waals surface area contributed by atoms with E-state index < -0.39 is 0 Å². The molecule has 4 aromatic carbocycles. The summed E-state index contributed by atoms with van der Waals surface area (Å²) in [6.45, 7) is 13.8. The monoisotopic (exact) mass is 515 g/mol. The highest BCUT2D eigenvalue weighted by atomic mass is 32.2. The minimum Gasteiger partial charge on any atom is -0.309 e. The van der Waals surface area contributed by atoms with Crippen LogP contribution in [0.25, 0.3) is 44.2 Å². The van der Waals surface area contributed by atoms with Gasteiger partial charge in [0.05, 0.1) is 33.5 Å². The average molecular weight is 516 g/mol. The van der Waals surface area contributed by atoms with Gasteiger partial charge in [0.15, 0.2) is 0 Å². The Balaban J connectivity index is 1.52. The summed E-state index contributed by atoms with van der Waals surface area (Å²) in [7, 11) is 0. The quantitative estimate of drug-likeness (QED) is 0.218. The summed E-state index contributed by atoms with van der Waals surface area (Å²) in [5.74, 6) is 2.01. The maximum atomic E-state index is 4.95. The number of imidazole rings is 1. The third kappa shape index (κ3) is 3.54. The summed E-state index contributed by atoms with van der Waals surface area (Å²) in [5, 5.41) is 2.64. The second-order valence-corrected chi connectivity index (χ2v) is 13.6. The standard InChI is InChI=1S/C34H33N3S/c1-33(2,3)21-11-14-27-24(17-21)25-18-22(34(4,5)6)12-15-28(25)36(27)23-13-16-31-30(19-23)37-29-10-8-7-9-26(29)35-32(37)20-38-31/h7-19H,20H2,1-6H3. The lowest BCUT2D eigenvalue weighted by atomic mass is 9.85. The molecule has 0 saturated heterocycles. The summed E-state index contributed by atoms with van der Waals surface area (Å²) < 4.78 is 4.80. The smallest absolute Gasteiger partial charge is 0.124 e. The number of benzene rings is 4. The molecular formula is C34H33N3S. The highest BCUT2D eigenvalue weighted by Gasteiger charge is 2.24. The highest BCUT2D eigenvalue weighted by molar-refractivity contribution is 7.98. The second-order valence-electron chi connectivity index (χ2n) is 12.6. The molecule has 0 spiro atoms. The molecule has 7 rings (SSSR count). The van der Waals surface area contributed by atoms with Gasteiger partial charge in [0.1, 0.15) is 5.82 Å². The minimum atomic E-state index is 0.0895. The van der Waals surface area contributed by atoms with Crippen molar-refractivity contribution >= 4 is 44.6 Å². The zero-order chi connectivity index (χ0) is 26.4. The van der Waals surface area contributed by atoms with Crippen molar-refractivity contribution in [3.63, 3.8) is 0 Å². The Morgan fingerprint density at radius 2 is 1.29 bits per heavy atom. The molecule has 2 aromatic heterocycles. The lowest BCUT2D eigenvalue weighted by molar-refractivity contribution is 0.590. The number of fused-ring (bicyclic) bond motifs is 8. The predicted molar refractivity (Wildman–Crippen MR) is 162 cm³/mol. The lowest BCUT2D eigenvalue weighted by Gasteiger charge is -2.21. The van der Waals surface area contributed by atoms with E-state index >= 15 is 0 Å². The number of rotatable bonds is 1. The van der Waals surface area contributed by atoms with Gasteiger partial charge in [-0.05, 0) is 76.6 Å². The third-order valence-electron chi connectivity index (χ3n) is 7.93. The van der Waals surface area contributed by atoms with Crippen molar-refractivity contribution in [3.05, 3.63) is 95.8 Å². The van der Waals surface area contributed by atoms with Crippen LogP contribution in [0.2, 0.25) is 0 Å². The first-order chi connectivity index (χ1) is 18.1. The van der Waals surface area contributed by atoms with E-state index in [4.69, 9.17) is 4.98 Å². The van der Waals surface area contributed by atoms with E-state index in [1.54, 1.807) is 0 Å². The first kappa shape index (κ1) is 23.6. The zero-order valence-corrected chi connectivity index (χ0v) is 23.8. The molecule has 0 atom stereocenters. The molecule has 0 aliphatic carbocycles. The molecule has 190 valence electrons. The molecule has 0 unspecified atom stereocenters. The first-order valence-corrected chi connectivity index (χ1v) is 14.4. The molecular weight excluding hydrogens is 482 g/mol. The summed E-state index contributed by atoms with van der Waals surface area (Å²) in [5.41, 5.74) is 10.0. The number of para-hydroxylation sites is 2. The summed E-state index contributed by atoms with van der Waals surface area (Å²) in [6, 6.07) is 29.5. The van der Waals surface area contributed by atoms with Gasteiger partial charge in [-0.1, -0.05) is 65.8 Å². The van der Waals surface area contributed by atoms with Crippen LogP contribution in [0, 0.1) is 0 Å². The number of thioether (sulfide) groups is 1. The molecule has 0 saturated carbocycles. The molecule has 4 heteroatoms. The maximum absolute atomic E-state index is 4.95. The van der Waals surface area contributed by atoms with Gasteiger partial charge in [-0.15, -0.1) is 11.8 Å². The highest BCUT2D eigenvalue weighted by Crippen LogP contribution is 2.41. The number of hydrogen-bond acceptors (Lipinski definition) is 2. The maximum Gasteiger partial charge on any atom is 0.124 e. The van der Waals surface area contributed by atoms with Crippen LogP contribution in [0.1, 0.15) is 58.5 Å². The van der Waals surface area contributed by atoms with Gasteiger partial charge < -0.3 is 4.57 Å². The molecule has 0 fully saturated rings. The second kappa shape index (κ2) is 8.00. The van der Waals surface area contributed by atoms with Crippen molar-refractivity contribution in [3.8, 4) is 11.4 Å². The largest absolute Gasteiger partial charge is 0.309 e. The van der Waals surface area contributed by atoms with Crippen molar-refractivity contribution < 1.29 is 0 Å². The lowest BCUT2D eigenvalue weighted by Crippen LogP contribution is -2.10. The van der Waals surface area contributed by atoms with Gasteiger partial charge in [-0.2, -0.15) is 0 Å². The van der Waals surface area contributed by atoms with Crippen LogP contribution in [-0.4, -0.2) is 14.1 Å². The molecule has 38 heavy (non-hydrogen) atoms. The van der Waals surface area contributed by atoms with E-state index in [9.17, 15) is 0 Å². The summed E-state index contributed by atoms with van der Waals surface area (Å²) >= 11 is 1.88. The van der Waals surface area contributed by atoms with E-state index in [2.05, 4.69) is 130 Å². The Morgan fingerprint density at radius 3 is 1.92 bits per heavy atom. The molecule has 3 heterocycles. The van der Waals surface area contributed by atoms with Gasteiger partial charge in [0.2, 0.25) is 0 Å². The van der Waals surface area contributed by atoms with Gasteiger partial charge in [-0.3, -0.25) is 4.57 Å². The topological polar surface area (TPSA) is 22.8 Å². The van der Waals surface area contributed by atoms with E-state index in [0.717, 1.165) is 17.1 Å². The minimum absolute atomic E-state index is 0.0895. The average Bonchev–Trinajstić information content (AvgIpc) is 3.42. The van der Waals surface area contributed by atoms with E-state index in [0.29, 0.717) is 0 Å². The molecule has 1 aliphatic heterocycles. The SMILES string of the molecule is CC(C)(C)c1ccc2c(c1)c1cc(C(C)(C)C)ccc1n2-c1ccc2c(c1)-n1c(nc3ccccc31)CS2. The van der Waals surface area contributed by atoms with Crippen LogP contribution in [0.5, 0.6) is 0 Å². The van der Waals surface area contributed by atoms with Gasteiger partial charge in [-0.25, -0.2) is 4.98 Å². The van der Waals surface area contributed by atoms with E-state index in [-0.39, 0.29) is 10.8 Å². The third-order valence-corrected chi connectivity index (χ3v) is 8.98. The number of aromatic nitrogens is 3. The normalized spacial score (nSPS) is 13.8. The van der Waals surface area contributed by atoms with Gasteiger partial charge in [0.25, 0.3) is 0 Å². The Labute approximate surface area is 228 Å². The number of nitrogens with zero attached hydrogens (tertiary/aromatic N) is 3.